The number of nitrogens with zero attached hydrogens (tertiary/aromatic N) is 2. The highest BCUT2D eigenvalue weighted by Gasteiger charge is 2.40. The predicted molar refractivity (Wildman–Crippen MR) is 137 cm³/mol. The summed E-state index contributed by atoms with van der Waals surface area (Å²) in [4.78, 5) is 42.2. The molecule has 0 aliphatic carbocycles. The highest BCUT2D eigenvalue weighted by Crippen LogP contribution is 2.37. The zero-order valence-corrected chi connectivity index (χ0v) is 20.9. The number of benzene rings is 2. The smallest absolute Gasteiger partial charge is 0.274 e. The van der Waals surface area contributed by atoms with Gasteiger partial charge in [-0.1, -0.05) is 48.6 Å². The van der Waals surface area contributed by atoms with Crippen molar-refractivity contribution < 1.29 is 23.1 Å². The largest absolute Gasteiger partial charge is 0.483 e. The quantitative estimate of drug-likeness (QED) is 0.491. The first-order valence-corrected chi connectivity index (χ1v) is 12.4. The van der Waals surface area contributed by atoms with Gasteiger partial charge in [0.25, 0.3) is 11.8 Å². The molecule has 2 aliphatic rings. The number of amides is 2. The third-order valence-electron chi connectivity index (χ3n) is 7.17. The molecule has 1 aromatic heterocycles. The van der Waals surface area contributed by atoms with Crippen LogP contribution in [0.2, 0.25) is 0 Å². The van der Waals surface area contributed by atoms with Gasteiger partial charge in [-0.25, -0.2) is 8.78 Å². The first-order chi connectivity index (χ1) is 18.2. The molecule has 3 aromatic rings. The Balaban J connectivity index is 1.56. The second-order valence-electron chi connectivity index (χ2n) is 9.67. The van der Waals surface area contributed by atoms with Crippen molar-refractivity contribution in [2.45, 2.75) is 45.0 Å². The Morgan fingerprint density at radius 2 is 1.92 bits per heavy atom. The predicted octanol–water partition coefficient (Wildman–Crippen LogP) is 4.37. The van der Waals surface area contributed by atoms with Gasteiger partial charge in [0, 0.05) is 37.0 Å². The minimum Gasteiger partial charge on any atom is -0.483 e. The molecule has 2 aliphatic heterocycles. The van der Waals surface area contributed by atoms with Gasteiger partial charge in [-0.3, -0.25) is 14.4 Å². The van der Waals surface area contributed by atoms with E-state index in [1.165, 1.54) is 12.3 Å². The van der Waals surface area contributed by atoms with Crippen molar-refractivity contribution >= 4 is 11.8 Å². The summed E-state index contributed by atoms with van der Waals surface area (Å²) in [6, 6.07) is 11.8. The summed E-state index contributed by atoms with van der Waals surface area (Å²) < 4.78 is 34.9. The van der Waals surface area contributed by atoms with E-state index in [4.69, 9.17) is 4.74 Å². The van der Waals surface area contributed by atoms with Crippen molar-refractivity contribution in [1.82, 2.24) is 14.8 Å². The van der Waals surface area contributed by atoms with E-state index in [0.717, 1.165) is 29.7 Å². The van der Waals surface area contributed by atoms with Crippen LogP contribution in [0, 0.1) is 11.6 Å². The van der Waals surface area contributed by atoms with Crippen LogP contribution in [0.5, 0.6) is 5.75 Å². The Kier molecular flexibility index (Phi) is 6.84. The Bertz CT molecular complexity index is 1490. The van der Waals surface area contributed by atoms with Crippen LogP contribution in [0.1, 0.15) is 57.8 Å². The van der Waals surface area contributed by atoms with Crippen LogP contribution < -0.4 is 15.5 Å². The lowest BCUT2D eigenvalue weighted by Gasteiger charge is -2.37. The van der Waals surface area contributed by atoms with E-state index >= 15 is 0 Å². The van der Waals surface area contributed by atoms with Crippen molar-refractivity contribution in [2.24, 2.45) is 0 Å². The number of aromatic nitrogens is 1. The van der Waals surface area contributed by atoms with Crippen molar-refractivity contribution in [2.75, 3.05) is 6.54 Å². The molecule has 0 saturated carbocycles. The van der Waals surface area contributed by atoms with Crippen molar-refractivity contribution in [3.8, 4) is 5.75 Å². The van der Waals surface area contributed by atoms with Crippen LogP contribution in [0.15, 0.2) is 71.7 Å². The summed E-state index contributed by atoms with van der Waals surface area (Å²) in [5.74, 6) is -2.86. The summed E-state index contributed by atoms with van der Waals surface area (Å²) in [7, 11) is 0. The maximum atomic E-state index is 14.1. The summed E-state index contributed by atoms with van der Waals surface area (Å²) >= 11 is 0. The van der Waals surface area contributed by atoms with Crippen LogP contribution in [0.3, 0.4) is 0 Å². The molecule has 3 heterocycles. The summed E-state index contributed by atoms with van der Waals surface area (Å²) in [5.41, 5.74) is 0.825. The van der Waals surface area contributed by atoms with Gasteiger partial charge >= 0.3 is 0 Å². The highest BCUT2D eigenvalue weighted by atomic mass is 19.1. The van der Waals surface area contributed by atoms with Gasteiger partial charge in [0.1, 0.15) is 23.8 Å². The molecule has 1 N–H and O–H groups in total. The lowest BCUT2D eigenvalue weighted by molar-refractivity contribution is 0.0611. The first kappa shape index (κ1) is 25.4. The van der Waals surface area contributed by atoms with E-state index in [0.29, 0.717) is 13.0 Å². The minimum absolute atomic E-state index is 0.0173. The molecule has 2 amide bonds. The molecule has 0 spiro atoms. The first-order valence-electron chi connectivity index (χ1n) is 12.4. The van der Waals surface area contributed by atoms with Crippen molar-refractivity contribution in [3.05, 3.63) is 111 Å². The zero-order valence-electron chi connectivity index (χ0n) is 20.9. The lowest BCUT2D eigenvalue weighted by atomic mass is 10.0. The fourth-order valence-electron chi connectivity index (χ4n) is 4.94. The Morgan fingerprint density at radius 1 is 1.16 bits per heavy atom. The number of fused-ring (bicyclic) bond motifs is 4. The summed E-state index contributed by atoms with van der Waals surface area (Å²) in [6.07, 6.45) is 2.79. The molecule has 2 atom stereocenters. The number of carbonyl (C=O) groups excluding carboxylic acids is 2. The molecule has 1 saturated heterocycles. The van der Waals surface area contributed by atoms with E-state index in [2.05, 4.69) is 11.9 Å². The van der Waals surface area contributed by atoms with E-state index in [-0.39, 0.29) is 53.7 Å². The van der Waals surface area contributed by atoms with Crippen LogP contribution in [-0.2, 0) is 13.2 Å². The average Bonchev–Trinajstić information content (AvgIpc) is 3.03. The molecule has 2 bridgehead atoms. The van der Waals surface area contributed by atoms with Crippen LogP contribution >= 0.6 is 0 Å². The number of hydrogen-bond donors (Lipinski definition) is 1. The average molecular weight is 520 g/mol. The molecule has 9 heteroatoms. The number of hydrogen-bond acceptors (Lipinski definition) is 4. The molecule has 2 aromatic carbocycles. The minimum atomic E-state index is -0.811. The molecule has 7 nitrogen and oxygen atoms in total. The van der Waals surface area contributed by atoms with Crippen LogP contribution in [0.4, 0.5) is 8.78 Å². The number of halogens is 2. The normalized spacial score (nSPS) is 18.6. The number of rotatable bonds is 6. The fourth-order valence-corrected chi connectivity index (χ4v) is 4.94. The number of carbonyl (C=O) groups is 2. The van der Waals surface area contributed by atoms with Crippen molar-refractivity contribution in [1.29, 1.82) is 0 Å². The number of nitrogens with one attached hydrogen (secondary N) is 1. The number of pyridine rings is 1. The SMILES string of the molecule is C=C1CCC(C)N2CC1n1cc(C(=O)NCc3ccc(F)cc3F)c(=O)c(OCc3ccccc3)c1C2=O. The van der Waals surface area contributed by atoms with E-state index in [1.54, 1.807) is 9.47 Å². The van der Waals surface area contributed by atoms with E-state index < -0.39 is 23.0 Å². The fraction of sp³-hybridized carbons (Fsp3) is 0.276. The third-order valence-corrected chi connectivity index (χ3v) is 7.17. The second kappa shape index (κ2) is 10.2. The van der Waals surface area contributed by atoms with Gasteiger partial charge in [0.05, 0.1) is 6.04 Å². The third kappa shape index (κ3) is 4.71. The molecule has 2 unspecified atom stereocenters. The summed E-state index contributed by atoms with van der Waals surface area (Å²) in [6.45, 7) is 6.31. The molecule has 1 fully saturated rings. The molecule has 38 heavy (non-hydrogen) atoms. The van der Waals surface area contributed by atoms with Crippen molar-refractivity contribution in [3.63, 3.8) is 0 Å². The van der Waals surface area contributed by atoms with Gasteiger partial charge in [-0.15, -0.1) is 0 Å². The van der Waals surface area contributed by atoms with Gasteiger partial charge in [0.2, 0.25) is 5.43 Å². The van der Waals surface area contributed by atoms with E-state index in [1.807, 2.05) is 37.3 Å². The highest BCUT2D eigenvalue weighted by molar-refractivity contribution is 5.99. The monoisotopic (exact) mass is 519 g/mol. The Labute approximate surface area is 218 Å². The topological polar surface area (TPSA) is 80.6 Å². The molecular weight excluding hydrogens is 492 g/mol. The van der Waals surface area contributed by atoms with E-state index in [9.17, 15) is 23.2 Å². The number of ether oxygens (including phenoxy) is 1. The maximum absolute atomic E-state index is 14.1. The summed E-state index contributed by atoms with van der Waals surface area (Å²) in [5, 5.41) is 2.53. The zero-order chi connectivity index (χ0) is 27.0. The van der Waals surface area contributed by atoms with Crippen LogP contribution in [0.25, 0.3) is 0 Å². The van der Waals surface area contributed by atoms with Gasteiger partial charge in [0.15, 0.2) is 11.4 Å². The Morgan fingerprint density at radius 3 is 2.66 bits per heavy atom. The van der Waals surface area contributed by atoms with Gasteiger partial charge in [-0.2, -0.15) is 0 Å². The maximum Gasteiger partial charge on any atom is 0.274 e. The van der Waals surface area contributed by atoms with Gasteiger partial charge < -0.3 is 19.5 Å². The van der Waals surface area contributed by atoms with Gasteiger partial charge in [-0.05, 0) is 31.4 Å². The van der Waals surface area contributed by atoms with Crippen LogP contribution in [-0.4, -0.2) is 33.9 Å². The standard InChI is InChI=1S/C29H27F2N3O4/c1-17-8-9-18(2)33-15-24(17)34-14-22(28(36)32-13-20-10-11-21(30)12-23(20)31)26(35)27(25(34)29(33)37)38-16-19-6-4-3-5-7-19/h3-7,10-12,14,18,24H,1,8-9,13,15-16H2,2H3,(H,32,36). The molecule has 5 rings (SSSR count). The molecule has 196 valence electrons. The lowest BCUT2D eigenvalue weighted by Crippen LogP contribution is -2.48. The molecule has 0 radical (unpaired) electrons. The Hall–Kier alpha value is -4.27. The second-order valence-corrected chi connectivity index (χ2v) is 9.67. The molecular formula is C29H27F2N3O4.